The van der Waals surface area contributed by atoms with Crippen molar-refractivity contribution in [3.8, 4) is 5.75 Å². The van der Waals surface area contributed by atoms with E-state index in [1.54, 1.807) is 24.3 Å². The van der Waals surface area contributed by atoms with Gasteiger partial charge in [-0.25, -0.2) is 4.79 Å². The molecule has 0 amide bonds. The molecule has 2 N–H and O–H groups in total. The number of esters is 1. The number of rotatable bonds is 4. The van der Waals surface area contributed by atoms with Crippen LogP contribution in [0.3, 0.4) is 0 Å². The number of anilines is 1. The first-order chi connectivity index (χ1) is 9.60. The number of ether oxygens (including phenoxy) is 2. The lowest BCUT2D eigenvalue weighted by molar-refractivity contribution is 0.0600. The minimum absolute atomic E-state index is 0.315. The molecule has 2 aromatic carbocycles. The van der Waals surface area contributed by atoms with E-state index in [2.05, 4.69) is 4.74 Å². The van der Waals surface area contributed by atoms with E-state index >= 15 is 0 Å². The molecule has 0 spiro atoms. The maximum absolute atomic E-state index is 11.5. The first-order valence-corrected chi connectivity index (χ1v) is 6.33. The van der Waals surface area contributed by atoms with Crippen LogP contribution < -0.4 is 10.5 Å². The van der Waals surface area contributed by atoms with Crippen molar-refractivity contribution in [2.75, 3.05) is 12.8 Å². The van der Waals surface area contributed by atoms with Crippen molar-refractivity contribution in [1.29, 1.82) is 0 Å². The molecule has 0 heterocycles. The Hall–Kier alpha value is -2.20. The lowest BCUT2D eigenvalue weighted by Crippen LogP contribution is -2.04. The van der Waals surface area contributed by atoms with Gasteiger partial charge in [-0.1, -0.05) is 23.7 Å². The van der Waals surface area contributed by atoms with Gasteiger partial charge < -0.3 is 15.2 Å². The van der Waals surface area contributed by atoms with Crippen LogP contribution in [0.4, 0.5) is 5.69 Å². The Bertz CT molecular complexity index is 628. The summed E-state index contributed by atoms with van der Waals surface area (Å²) < 4.78 is 10.3. The van der Waals surface area contributed by atoms with Gasteiger partial charge in [-0.05, 0) is 35.9 Å². The predicted octanol–water partition coefficient (Wildman–Crippen LogP) is 3.29. The van der Waals surface area contributed by atoms with E-state index in [4.69, 9.17) is 22.1 Å². The number of hydrogen-bond acceptors (Lipinski definition) is 4. The molecule has 5 heteroatoms. The fourth-order valence-electron chi connectivity index (χ4n) is 1.69. The van der Waals surface area contributed by atoms with Crippen molar-refractivity contribution in [3.05, 3.63) is 58.6 Å². The number of methoxy groups -OCH3 is 1. The Morgan fingerprint density at radius 2 is 2.05 bits per heavy atom. The van der Waals surface area contributed by atoms with Crippen LogP contribution in [0.2, 0.25) is 5.02 Å². The summed E-state index contributed by atoms with van der Waals surface area (Å²) in [6.45, 7) is 0.315. The highest BCUT2D eigenvalue weighted by Gasteiger charge is 2.09. The highest BCUT2D eigenvalue weighted by Crippen LogP contribution is 2.24. The molecule has 104 valence electrons. The minimum Gasteiger partial charge on any atom is -0.487 e. The zero-order valence-corrected chi connectivity index (χ0v) is 11.7. The third-order valence-electron chi connectivity index (χ3n) is 2.72. The first-order valence-electron chi connectivity index (χ1n) is 5.95. The van der Waals surface area contributed by atoms with Gasteiger partial charge in [0, 0.05) is 5.02 Å². The van der Waals surface area contributed by atoms with Crippen molar-refractivity contribution in [1.82, 2.24) is 0 Å². The molecule has 0 aromatic heterocycles. The summed E-state index contributed by atoms with van der Waals surface area (Å²) in [6.07, 6.45) is 0. The fourth-order valence-corrected chi connectivity index (χ4v) is 1.90. The van der Waals surface area contributed by atoms with Gasteiger partial charge in [-0.2, -0.15) is 0 Å². The van der Waals surface area contributed by atoms with Gasteiger partial charge in [-0.15, -0.1) is 0 Å². The second-order valence-electron chi connectivity index (χ2n) is 4.16. The molecular formula is C15H14ClNO3. The lowest BCUT2D eigenvalue weighted by atomic mass is 10.2. The van der Waals surface area contributed by atoms with Gasteiger partial charge in [0.2, 0.25) is 0 Å². The number of nitrogens with two attached hydrogens (primary N) is 1. The van der Waals surface area contributed by atoms with Gasteiger partial charge in [0.15, 0.2) is 0 Å². The van der Waals surface area contributed by atoms with Crippen molar-refractivity contribution >= 4 is 23.3 Å². The monoisotopic (exact) mass is 291 g/mol. The highest BCUT2D eigenvalue weighted by molar-refractivity contribution is 6.30. The summed E-state index contributed by atoms with van der Waals surface area (Å²) in [5, 5.41) is 0.641. The molecule has 0 bridgehead atoms. The number of nitrogen functional groups attached to an aromatic ring is 1. The molecule has 0 aliphatic carbocycles. The summed E-state index contributed by atoms with van der Waals surface area (Å²) in [4.78, 5) is 11.5. The molecule has 0 saturated heterocycles. The normalized spacial score (nSPS) is 10.1. The van der Waals surface area contributed by atoms with Gasteiger partial charge in [0.1, 0.15) is 12.4 Å². The topological polar surface area (TPSA) is 61.5 Å². The molecule has 0 aliphatic heterocycles. The van der Waals surface area contributed by atoms with Crippen molar-refractivity contribution < 1.29 is 14.3 Å². The number of hydrogen-bond donors (Lipinski definition) is 1. The van der Waals surface area contributed by atoms with Crippen LogP contribution in [0.1, 0.15) is 15.9 Å². The first kappa shape index (κ1) is 14.2. The number of carbonyl (C=O) groups excluding carboxylic acids is 1. The maximum Gasteiger partial charge on any atom is 0.337 e. The third-order valence-corrected chi connectivity index (χ3v) is 2.95. The van der Waals surface area contributed by atoms with E-state index in [9.17, 15) is 4.79 Å². The van der Waals surface area contributed by atoms with Crippen molar-refractivity contribution in [2.45, 2.75) is 6.61 Å². The van der Waals surface area contributed by atoms with Crippen molar-refractivity contribution in [3.63, 3.8) is 0 Å². The van der Waals surface area contributed by atoms with Crippen LogP contribution >= 0.6 is 11.6 Å². The number of benzene rings is 2. The molecule has 0 fully saturated rings. The average molecular weight is 292 g/mol. The van der Waals surface area contributed by atoms with Gasteiger partial charge >= 0.3 is 5.97 Å². The molecular weight excluding hydrogens is 278 g/mol. The standard InChI is InChI=1S/C15H14ClNO3/c1-19-15(18)11-5-6-13(17)14(8-11)20-9-10-3-2-4-12(16)7-10/h2-8H,9,17H2,1H3. The molecule has 0 aliphatic rings. The van der Waals surface area contributed by atoms with E-state index in [1.165, 1.54) is 7.11 Å². The summed E-state index contributed by atoms with van der Waals surface area (Å²) in [5.74, 6) is 0.00508. The molecule has 0 saturated carbocycles. The Kier molecular flexibility index (Phi) is 4.48. The van der Waals surface area contributed by atoms with Gasteiger partial charge in [0.05, 0.1) is 18.4 Å². The average Bonchev–Trinajstić information content (AvgIpc) is 2.45. The number of carbonyl (C=O) groups is 1. The second kappa shape index (κ2) is 6.30. The molecule has 0 unspecified atom stereocenters. The summed E-state index contributed by atoms with van der Waals surface area (Å²) in [6, 6.07) is 12.1. The largest absolute Gasteiger partial charge is 0.487 e. The van der Waals surface area contributed by atoms with Crippen LogP contribution in [0.25, 0.3) is 0 Å². The van der Waals surface area contributed by atoms with Crippen LogP contribution in [0, 0.1) is 0 Å². The Labute approximate surface area is 122 Å². The van der Waals surface area contributed by atoms with Crippen molar-refractivity contribution in [2.24, 2.45) is 0 Å². The van der Waals surface area contributed by atoms with Crippen LogP contribution in [0.15, 0.2) is 42.5 Å². The molecule has 0 radical (unpaired) electrons. The van der Waals surface area contributed by atoms with Crippen LogP contribution in [-0.4, -0.2) is 13.1 Å². The minimum atomic E-state index is -0.433. The second-order valence-corrected chi connectivity index (χ2v) is 4.60. The van der Waals surface area contributed by atoms with Crippen LogP contribution in [-0.2, 0) is 11.3 Å². The summed E-state index contributed by atoms with van der Waals surface area (Å²) in [7, 11) is 1.32. The van der Waals surface area contributed by atoms with E-state index in [0.29, 0.717) is 28.6 Å². The maximum atomic E-state index is 11.5. The van der Waals surface area contributed by atoms with E-state index in [-0.39, 0.29) is 0 Å². The zero-order chi connectivity index (χ0) is 14.5. The smallest absolute Gasteiger partial charge is 0.337 e. The summed E-state index contributed by atoms with van der Waals surface area (Å²) in [5.41, 5.74) is 7.59. The Morgan fingerprint density at radius 1 is 1.25 bits per heavy atom. The highest BCUT2D eigenvalue weighted by atomic mass is 35.5. The SMILES string of the molecule is COC(=O)c1ccc(N)c(OCc2cccc(Cl)c2)c1. The van der Waals surface area contributed by atoms with Gasteiger partial charge in [0.25, 0.3) is 0 Å². The van der Waals surface area contributed by atoms with E-state index in [1.807, 2.05) is 18.2 Å². The molecule has 4 nitrogen and oxygen atoms in total. The van der Waals surface area contributed by atoms with E-state index < -0.39 is 5.97 Å². The molecule has 2 rings (SSSR count). The predicted molar refractivity (Wildman–Crippen MR) is 78.0 cm³/mol. The molecule has 0 atom stereocenters. The number of halogens is 1. The van der Waals surface area contributed by atoms with Crippen LogP contribution in [0.5, 0.6) is 5.75 Å². The zero-order valence-electron chi connectivity index (χ0n) is 10.9. The Balaban J connectivity index is 2.14. The third kappa shape index (κ3) is 3.42. The lowest BCUT2D eigenvalue weighted by Gasteiger charge is -2.10. The quantitative estimate of drug-likeness (QED) is 0.693. The fraction of sp³-hybridized carbons (Fsp3) is 0.133. The summed E-state index contributed by atoms with van der Waals surface area (Å²) >= 11 is 5.90. The van der Waals surface area contributed by atoms with Gasteiger partial charge in [-0.3, -0.25) is 0 Å². The van der Waals surface area contributed by atoms with E-state index in [0.717, 1.165) is 5.56 Å². The molecule has 2 aromatic rings. The Morgan fingerprint density at radius 3 is 2.75 bits per heavy atom. The molecule has 20 heavy (non-hydrogen) atoms.